The van der Waals surface area contributed by atoms with E-state index >= 15 is 0 Å². The van der Waals surface area contributed by atoms with Crippen LogP contribution < -0.4 is 0 Å². The van der Waals surface area contributed by atoms with Crippen molar-refractivity contribution >= 4 is 0 Å². The average Bonchev–Trinajstić information content (AvgIpc) is 2.49. The zero-order valence-electron chi connectivity index (χ0n) is 12.1. The Morgan fingerprint density at radius 3 is 2.68 bits per heavy atom. The molecule has 2 atom stereocenters. The molecule has 2 aliphatic heterocycles. The first-order valence-electron chi connectivity index (χ1n) is 8.21. The van der Waals surface area contributed by atoms with Crippen LogP contribution in [0.1, 0.15) is 50.5 Å². The molecule has 0 radical (unpaired) electrons. The third kappa shape index (κ3) is 3.39. The second kappa shape index (κ2) is 6.56. The van der Waals surface area contributed by atoms with E-state index in [-0.39, 0.29) is 0 Å². The van der Waals surface area contributed by atoms with E-state index in [1.807, 2.05) is 0 Å². The van der Waals surface area contributed by atoms with Gasteiger partial charge in [0.15, 0.2) is 0 Å². The Balaban J connectivity index is 1.49. The van der Waals surface area contributed by atoms with E-state index in [2.05, 4.69) is 35.2 Å². The Hall–Kier alpha value is -0.820. The molecule has 1 nitrogen and oxygen atoms in total. The molecule has 2 saturated heterocycles. The number of piperidine rings is 2. The second-order valence-corrected chi connectivity index (χ2v) is 6.38. The van der Waals surface area contributed by atoms with Crippen LogP contribution in [-0.4, -0.2) is 24.0 Å². The third-order valence-corrected chi connectivity index (χ3v) is 5.11. The summed E-state index contributed by atoms with van der Waals surface area (Å²) in [6.07, 6.45) is 11.4. The molecule has 2 heterocycles. The minimum Gasteiger partial charge on any atom is -0.300 e. The van der Waals surface area contributed by atoms with Gasteiger partial charge in [0.1, 0.15) is 0 Å². The van der Waals surface area contributed by atoms with Crippen molar-refractivity contribution in [2.45, 2.75) is 57.4 Å². The van der Waals surface area contributed by atoms with Crippen LogP contribution in [-0.2, 0) is 6.42 Å². The van der Waals surface area contributed by atoms with Gasteiger partial charge in [0, 0.05) is 6.04 Å². The summed E-state index contributed by atoms with van der Waals surface area (Å²) in [5, 5.41) is 0. The average molecular weight is 257 g/mol. The lowest BCUT2D eigenvalue weighted by atomic mass is 9.80. The molecule has 0 amide bonds. The van der Waals surface area contributed by atoms with E-state index in [1.165, 1.54) is 70.0 Å². The highest BCUT2D eigenvalue weighted by Crippen LogP contribution is 2.33. The van der Waals surface area contributed by atoms with Crippen molar-refractivity contribution in [3.05, 3.63) is 35.9 Å². The molecule has 19 heavy (non-hydrogen) atoms. The summed E-state index contributed by atoms with van der Waals surface area (Å²) < 4.78 is 0. The van der Waals surface area contributed by atoms with Crippen LogP contribution in [0.3, 0.4) is 0 Å². The van der Waals surface area contributed by atoms with E-state index in [4.69, 9.17) is 0 Å². The fourth-order valence-electron chi connectivity index (χ4n) is 4.13. The third-order valence-electron chi connectivity index (χ3n) is 5.11. The van der Waals surface area contributed by atoms with Crippen molar-refractivity contribution in [2.75, 3.05) is 13.1 Å². The van der Waals surface area contributed by atoms with Gasteiger partial charge < -0.3 is 4.90 Å². The maximum absolute atomic E-state index is 2.79. The van der Waals surface area contributed by atoms with Crippen LogP contribution in [0.4, 0.5) is 0 Å². The Morgan fingerprint density at radius 2 is 1.79 bits per heavy atom. The summed E-state index contributed by atoms with van der Waals surface area (Å²) >= 11 is 0. The van der Waals surface area contributed by atoms with Gasteiger partial charge in [0.25, 0.3) is 0 Å². The molecule has 0 spiro atoms. The SMILES string of the molecule is c1ccc(CCC[C@@H]2CCCN3CCCC[C@H]23)cc1. The van der Waals surface area contributed by atoms with E-state index in [0.717, 1.165) is 12.0 Å². The highest BCUT2D eigenvalue weighted by molar-refractivity contribution is 5.14. The number of hydrogen-bond donors (Lipinski definition) is 0. The predicted molar refractivity (Wildman–Crippen MR) is 81.3 cm³/mol. The van der Waals surface area contributed by atoms with Gasteiger partial charge in [0.05, 0.1) is 0 Å². The van der Waals surface area contributed by atoms with Crippen molar-refractivity contribution < 1.29 is 0 Å². The number of rotatable bonds is 4. The Kier molecular flexibility index (Phi) is 4.55. The largest absolute Gasteiger partial charge is 0.300 e. The fourth-order valence-corrected chi connectivity index (χ4v) is 4.13. The quantitative estimate of drug-likeness (QED) is 0.778. The predicted octanol–water partition coefficient (Wildman–Crippen LogP) is 4.27. The van der Waals surface area contributed by atoms with E-state index in [0.29, 0.717) is 0 Å². The maximum atomic E-state index is 2.79. The smallest absolute Gasteiger partial charge is 0.0123 e. The van der Waals surface area contributed by atoms with Gasteiger partial charge in [-0.25, -0.2) is 0 Å². The van der Waals surface area contributed by atoms with Crippen LogP contribution in [0.5, 0.6) is 0 Å². The van der Waals surface area contributed by atoms with Crippen molar-refractivity contribution in [3.63, 3.8) is 0 Å². The van der Waals surface area contributed by atoms with Crippen molar-refractivity contribution in [2.24, 2.45) is 5.92 Å². The molecular formula is C18H27N. The number of fused-ring (bicyclic) bond motifs is 1. The molecule has 1 aromatic carbocycles. The first-order chi connectivity index (χ1) is 9.43. The van der Waals surface area contributed by atoms with E-state index in [9.17, 15) is 0 Å². The summed E-state index contributed by atoms with van der Waals surface area (Å²) in [6.45, 7) is 2.75. The standard InChI is InChI=1S/C18H27N/c1-2-8-16(9-3-1)10-6-11-17-12-7-15-19-14-5-4-13-18(17)19/h1-3,8-9,17-18H,4-7,10-15H2/t17-,18-/m1/s1. The zero-order chi connectivity index (χ0) is 12.9. The minimum absolute atomic E-state index is 0.929. The molecule has 2 fully saturated rings. The summed E-state index contributed by atoms with van der Waals surface area (Å²) in [5.74, 6) is 0.984. The highest BCUT2D eigenvalue weighted by atomic mass is 15.2. The molecule has 0 N–H and O–H groups in total. The molecule has 0 bridgehead atoms. The summed E-state index contributed by atoms with van der Waals surface area (Å²) in [4.78, 5) is 2.79. The molecular weight excluding hydrogens is 230 g/mol. The summed E-state index contributed by atoms with van der Waals surface area (Å²) in [7, 11) is 0. The lowest BCUT2D eigenvalue weighted by Gasteiger charge is -2.44. The Morgan fingerprint density at radius 1 is 0.947 bits per heavy atom. The van der Waals surface area contributed by atoms with Gasteiger partial charge in [0.2, 0.25) is 0 Å². The lowest BCUT2D eigenvalue weighted by Crippen LogP contribution is -2.47. The van der Waals surface area contributed by atoms with E-state index < -0.39 is 0 Å². The Labute approximate surface area is 118 Å². The summed E-state index contributed by atoms with van der Waals surface area (Å²) in [5.41, 5.74) is 1.51. The van der Waals surface area contributed by atoms with Gasteiger partial charge in [-0.3, -0.25) is 0 Å². The van der Waals surface area contributed by atoms with Crippen LogP contribution in [0.15, 0.2) is 30.3 Å². The van der Waals surface area contributed by atoms with Gasteiger partial charge >= 0.3 is 0 Å². The van der Waals surface area contributed by atoms with Gasteiger partial charge in [-0.2, -0.15) is 0 Å². The highest BCUT2D eigenvalue weighted by Gasteiger charge is 2.32. The fraction of sp³-hybridized carbons (Fsp3) is 0.667. The minimum atomic E-state index is 0.929. The van der Waals surface area contributed by atoms with Gasteiger partial charge in [-0.05, 0) is 69.5 Å². The molecule has 0 saturated carbocycles. The topological polar surface area (TPSA) is 3.24 Å². The zero-order valence-corrected chi connectivity index (χ0v) is 12.1. The molecule has 2 aliphatic rings. The number of aryl methyl sites for hydroxylation is 1. The molecule has 1 aromatic rings. The maximum Gasteiger partial charge on any atom is 0.0123 e. The van der Waals surface area contributed by atoms with Crippen LogP contribution in [0, 0.1) is 5.92 Å². The van der Waals surface area contributed by atoms with E-state index in [1.54, 1.807) is 0 Å². The first-order valence-corrected chi connectivity index (χ1v) is 8.21. The molecule has 104 valence electrons. The number of benzene rings is 1. The Bertz CT molecular complexity index is 371. The normalized spacial score (nSPS) is 28.0. The molecule has 1 heteroatoms. The first kappa shape index (κ1) is 13.2. The van der Waals surface area contributed by atoms with Crippen LogP contribution >= 0.6 is 0 Å². The molecule has 0 aliphatic carbocycles. The molecule has 3 rings (SSSR count). The van der Waals surface area contributed by atoms with Crippen molar-refractivity contribution in [3.8, 4) is 0 Å². The summed E-state index contributed by atoms with van der Waals surface area (Å²) in [6, 6.07) is 11.9. The van der Waals surface area contributed by atoms with Gasteiger partial charge in [-0.15, -0.1) is 0 Å². The van der Waals surface area contributed by atoms with Gasteiger partial charge in [-0.1, -0.05) is 36.8 Å². The van der Waals surface area contributed by atoms with Crippen LogP contribution in [0.25, 0.3) is 0 Å². The van der Waals surface area contributed by atoms with Crippen molar-refractivity contribution in [1.29, 1.82) is 0 Å². The molecule has 0 aromatic heterocycles. The number of hydrogen-bond acceptors (Lipinski definition) is 1. The van der Waals surface area contributed by atoms with Crippen LogP contribution in [0.2, 0.25) is 0 Å². The monoisotopic (exact) mass is 257 g/mol. The number of nitrogens with zero attached hydrogens (tertiary/aromatic N) is 1. The molecule has 0 unspecified atom stereocenters. The second-order valence-electron chi connectivity index (χ2n) is 6.38. The van der Waals surface area contributed by atoms with Crippen molar-refractivity contribution in [1.82, 2.24) is 4.90 Å². The lowest BCUT2D eigenvalue weighted by molar-refractivity contribution is 0.0550.